The molecule has 0 radical (unpaired) electrons. The van der Waals surface area contributed by atoms with E-state index >= 15 is 0 Å². The molecule has 2 atom stereocenters. The van der Waals surface area contributed by atoms with Crippen LogP contribution in [-0.2, 0) is 30.9 Å². The van der Waals surface area contributed by atoms with Gasteiger partial charge < -0.3 is 23.8 Å². The van der Waals surface area contributed by atoms with E-state index in [1.807, 2.05) is 30.3 Å². The van der Waals surface area contributed by atoms with Crippen LogP contribution in [0.15, 0.2) is 48.2 Å². The normalized spacial score (nSPS) is 24.8. The molecule has 0 saturated heterocycles. The maximum atomic E-state index is 14.0. The molecular formula is C24H21NO6. The molecule has 1 amide bonds. The number of hydrogen-bond acceptors (Lipinski definition) is 6. The lowest BCUT2D eigenvalue weighted by molar-refractivity contribution is -0.140. The number of benzene rings is 2. The molecular weight excluding hydrogens is 398 g/mol. The molecule has 0 aliphatic carbocycles. The van der Waals surface area contributed by atoms with E-state index in [0.717, 1.165) is 34.5 Å². The fourth-order valence-corrected chi connectivity index (χ4v) is 5.09. The van der Waals surface area contributed by atoms with Gasteiger partial charge in [-0.1, -0.05) is 18.2 Å². The summed E-state index contributed by atoms with van der Waals surface area (Å²) >= 11 is 0. The van der Waals surface area contributed by atoms with Crippen LogP contribution in [0.4, 0.5) is 5.69 Å². The fourth-order valence-electron chi connectivity index (χ4n) is 5.09. The predicted octanol–water partition coefficient (Wildman–Crippen LogP) is 2.49. The second-order valence-corrected chi connectivity index (χ2v) is 8.22. The van der Waals surface area contributed by atoms with Gasteiger partial charge in [0, 0.05) is 30.2 Å². The molecule has 0 aromatic heterocycles. The van der Waals surface area contributed by atoms with Crippen molar-refractivity contribution < 1.29 is 28.5 Å². The van der Waals surface area contributed by atoms with Crippen LogP contribution in [0.1, 0.15) is 23.1 Å². The molecule has 31 heavy (non-hydrogen) atoms. The Morgan fingerprint density at radius 3 is 2.94 bits per heavy atom. The number of fused-ring (bicyclic) bond motifs is 5. The quantitative estimate of drug-likeness (QED) is 0.712. The molecule has 2 aromatic rings. The number of para-hydroxylation sites is 1. The highest BCUT2D eigenvalue weighted by molar-refractivity contribution is 6.11. The SMILES string of the molecule is COC(=O)C1=CCC(CN2C(=O)C3(COc4cc5c(cc43)CCO5)c3ccccc32)O1. The molecule has 4 aliphatic heterocycles. The largest absolute Gasteiger partial charge is 0.493 e. The Morgan fingerprint density at radius 1 is 1.19 bits per heavy atom. The molecule has 6 rings (SSSR count). The number of anilines is 1. The third-order valence-electron chi connectivity index (χ3n) is 6.59. The van der Waals surface area contributed by atoms with E-state index in [2.05, 4.69) is 6.07 Å². The van der Waals surface area contributed by atoms with Gasteiger partial charge >= 0.3 is 5.97 Å². The maximum Gasteiger partial charge on any atom is 0.372 e. The molecule has 7 heteroatoms. The third kappa shape index (κ3) is 2.46. The number of esters is 1. The van der Waals surface area contributed by atoms with Gasteiger partial charge in [-0.05, 0) is 29.3 Å². The van der Waals surface area contributed by atoms with Gasteiger partial charge in [0.2, 0.25) is 11.7 Å². The van der Waals surface area contributed by atoms with Crippen LogP contribution in [0.3, 0.4) is 0 Å². The first-order valence-corrected chi connectivity index (χ1v) is 10.4. The lowest BCUT2D eigenvalue weighted by atomic mass is 9.76. The summed E-state index contributed by atoms with van der Waals surface area (Å²) in [7, 11) is 1.32. The van der Waals surface area contributed by atoms with Crippen molar-refractivity contribution in [2.75, 3.05) is 31.8 Å². The van der Waals surface area contributed by atoms with Gasteiger partial charge in [0.1, 0.15) is 29.6 Å². The molecule has 4 aliphatic rings. The molecule has 1 spiro atoms. The van der Waals surface area contributed by atoms with Crippen molar-refractivity contribution in [3.8, 4) is 11.5 Å². The second-order valence-electron chi connectivity index (χ2n) is 8.22. The van der Waals surface area contributed by atoms with Crippen LogP contribution < -0.4 is 14.4 Å². The van der Waals surface area contributed by atoms with E-state index in [9.17, 15) is 9.59 Å². The first kappa shape index (κ1) is 18.3. The lowest BCUT2D eigenvalue weighted by Crippen LogP contribution is -2.45. The van der Waals surface area contributed by atoms with Crippen molar-refractivity contribution in [3.05, 3.63) is 64.9 Å². The lowest BCUT2D eigenvalue weighted by Gasteiger charge is -2.25. The summed E-state index contributed by atoms with van der Waals surface area (Å²) in [6.45, 7) is 1.25. The number of rotatable bonds is 3. The van der Waals surface area contributed by atoms with E-state index in [1.54, 1.807) is 11.0 Å². The molecule has 7 nitrogen and oxygen atoms in total. The van der Waals surface area contributed by atoms with Crippen molar-refractivity contribution in [2.45, 2.75) is 24.4 Å². The summed E-state index contributed by atoms with van der Waals surface area (Å²) in [5, 5.41) is 0. The van der Waals surface area contributed by atoms with Gasteiger partial charge in [-0.3, -0.25) is 4.79 Å². The van der Waals surface area contributed by atoms with Crippen molar-refractivity contribution in [1.82, 2.24) is 0 Å². The minimum absolute atomic E-state index is 0.0265. The van der Waals surface area contributed by atoms with Crippen LogP contribution in [0.2, 0.25) is 0 Å². The van der Waals surface area contributed by atoms with Gasteiger partial charge in [0.25, 0.3) is 0 Å². The summed E-state index contributed by atoms with van der Waals surface area (Å²) in [4.78, 5) is 27.5. The van der Waals surface area contributed by atoms with Crippen molar-refractivity contribution in [2.24, 2.45) is 0 Å². The average Bonchev–Trinajstić information content (AvgIpc) is 3.56. The smallest absolute Gasteiger partial charge is 0.372 e. The Hall–Kier alpha value is -3.48. The Labute approximate surface area is 179 Å². The topological polar surface area (TPSA) is 74.3 Å². The first-order chi connectivity index (χ1) is 15.1. The summed E-state index contributed by atoms with van der Waals surface area (Å²) in [5.74, 6) is 1.22. The van der Waals surface area contributed by atoms with Crippen molar-refractivity contribution in [3.63, 3.8) is 0 Å². The summed E-state index contributed by atoms with van der Waals surface area (Å²) in [6, 6.07) is 11.8. The summed E-state index contributed by atoms with van der Waals surface area (Å²) in [6.07, 6.45) is 2.78. The van der Waals surface area contributed by atoms with Crippen LogP contribution in [-0.4, -0.2) is 44.8 Å². The highest BCUT2D eigenvalue weighted by atomic mass is 16.6. The molecule has 2 unspecified atom stereocenters. The zero-order chi connectivity index (χ0) is 21.2. The molecule has 2 aromatic carbocycles. The molecule has 158 valence electrons. The van der Waals surface area contributed by atoms with Crippen LogP contribution in [0.25, 0.3) is 0 Å². The number of carbonyl (C=O) groups excluding carboxylic acids is 2. The Kier molecular flexibility index (Phi) is 3.84. The molecule has 4 heterocycles. The number of hydrogen-bond donors (Lipinski definition) is 0. The minimum atomic E-state index is -0.874. The van der Waals surface area contributed by atoms with E-state index in [4.69, 9.17) is 18.9 Å². The van der Waals surface area contributed by atoms with Crippen LogP contribution in [0.5, 0.6) is 11.5 Å². The predicted molar refractivity (Wildman–Crippen MR) is 110 cm³/mol. The number of carbonyl (C=O) groups is 2. The van der Waals surface area contributed by atoms with Gasteiger partial charge in [0.15, 0.2) is 0 Å². The first-order valence-electron chi connectivity index (χ1n) is 10.4. The highest BCUT2D eigenvalue weighted by Gasteiger charge is 2.57. The van der Waals surface area contributed by atoms with Gasteiger partial charge in [-0.2, -0.15) is 0 Å². The zero-order valence-electron chi connectivity index (χ0n) is 17.1. The second kappa shape index (κ2) is 6.51. The van der Waals surface area contributed by atoms with Gasteiger partial charge in [0.05, 0.1) is 20.3 Å². The van der Waals surface area contributed by atoms with E-state index in [0.29, 0.717) is 25.3 Å². The Morgan fingerprint density at radius 2 is 2.06 bits per heavy atom. The molecule has 0 N–H and O–H groups in total. The third-order valence-corrected chi connectivity index (χ3v) is 6.59. The van der Waals surface area contributed by atoms with Crippen LogP contribution in [0, 0.1) is 0 Å². The number of nitrogens with zero attached hydrogens (tertiary/aromatic N) is 1. The van der Waals surface area contributed by atoms with E-state index < -0.39 is 11.4 Å². The Balaban J connectivity index is 1.37. The average molecular weight is 419 g/mol. The Bertz CT molecular complexity index is 1150. The van der Waals surface area contributed by atoms with E-state index in [-0.39, 0.29) is 24.4 Å². The molecule has 0 saturated carbocycles. The zero-order valence-corrected chi connectivity index (χ0v) is 17.1. The number of ether oxygens (including phenoxy) is 4. The fraction of sp³-hybridized carbons (Fsp3) is 0.333. The van der Waals surface area contributed by atoms with Gasteiger partial charge in [-0.25, -0.2) is 4.79 Å². The standard InChI is InChI=1S/C24H21NO6/c1-28-22(26)19-7-6-15(31-19)12-25-18-5-3-2-4-16(18)24(23(25)27)13-30-21-11-20-14(8-9-29-20)10-17(21)24/h2-5,7,10-11,15H,6,8-9,12-13H2,1H3. The molecule has 0 fully saturated rings. The monoisotopic (exact) mass is 419 g/mol. The van der Waals surface area contributed by atoms with E-state index in [1.165, 1.54) is 7.11 Å². The summed E-state index contributed by atoms with van der Waals surface area (Å²) in [5.41, 5.74) is 2.93. The van der Waals surface area contributed by atoms with Gasteiger partial charge in [-0.15, -0.1) is 0 Å². The highest BCUT2D eigenvalue weighted by Crippen LogP contribution is 2.54. The molecule has 0 bridgehead atoms. The summed E-state index contributed by atoms with van der Waals surface area (Å²) < 4.78 is 22.2. The van der Waals surface area contributed by atoms with Crippen molar-refractivity contribution in [1.29, 1.82) is 0 Å². The minimum Gasteiger partial charge on any atom is -0.493 e. The maximum absolute atomic E-state index is 14.0. The number of methoxy groups -OCH3 is 1. The number of amides is 1. The van der Waals surface area contributed by atoms with Crippen LogP contribution >= 0.6 is 0 Å². The van der Waals surface area contributed by atoms with Crippen molar-refractivity contribution >= 4 is 17.6 Å².